The third-order valence-corrected chi connectivity index (χ3v) is 6.50. The van der Waals surface area contributed by atoms with E-state index in [-0.39, 0.29) is 11.9 Å². The molecular weight excluding hydrogens is 450 g/mol. The summed E-state index contributed by atoms with van der Waals surface area (Å²) in [4.78, 5) is 27.6. The zero-order valence-electron chi connectivity index (χ0n) is 19.6. The van der Waals surface area contributed by atoms with Crippen LogP contribution >= 0.6 is 0 Å². The van der Waals surface area contributed by atoms with Crippen LogP contribution in [0, 0.1) is 0 Å². The molecular formula is C29H25N5O2. The first-order chi connectivity index (χ1) is 17.6. The summed E-state index contributed by atoms with van der Waals surface area (Å²) >= 11 is 0. The number of carbonyl (C=O) groups excluding carboxylic acids is 1. The molecule has 1 aliphatic rings. The van der Waals surface area contributed by atoms with Gasteiger partial charge in [-0.25, -0.2) is 4.99 Å². The highest BCUT2D eigenvalue weighted by Crippen LogP contribution is 2.23. The smallest absolute Gasteiger partial charge is 0.274 e. The molecule has 2 aromatic carbocycles. The Bertz CT molecular complexity index is 1680. The Labute approximate surface area is 207 Å². The molecule has 0 bridgehead atoms. The summed E-state index contributed by atoms with van der Waals surface area (Å²) in [6, 6.07) is 19.7. The molecule has 4 N–H and O–H groups in total. The van der Waals surface area contributed by atoms with Gasteiger partial charge in [-0.15, -0.1) is 0 Å². The molecule has 0 fully saturated rings. The maximum absolute atomic E-state index is 12.5. The van der Waals surface area contributed by atoms with E-state index in [2.05, 4.69) is 32.1 Å². The van der Waals surface area contributed by atoms with E-state index in [1.54, 1.807) is 12.4 Å². The standard InChI is InChI=1S/C29H25N5O2/c30-21(10-20-15-33-27-6-2-1-5-24(20)27)17-36-23-11-19(14-31-16-23)18-7-8-28-25(12-18)26(29(35)34-28)13-22-4-3-9-32-22/h1-9,11-12,14-16,21,32-33H,10,13,17,30H2/t21-/m0/s1. The van der Waals surface area contributed by atoms with E-state index >= 15 is 0 Å². The molecule has 1 atom stereocenters. The molecule has 0 unspecified atom stereocenters. The van der Waals surface area contributed by atoms with Gasteiger partial charge in [0.05, 0.1) is 11.6 Å². The number of hydrogen-bond acceptors (Lipinski definition) is 4. The Morgan fingerprint density at radius 1 is 0.972 bits per heavy atom. The van der Waals surface area contributed by atoms with Crippen LogP contribution in [0.3, 0.4) is 0 Å². The van der Waals surface area contributed by atoms with Crippen molar-refractivity contribution in [2.45, 2.75) is 18.9 Å². The average Bonchev–Trinajstić information content (AvgIpc) is 3.63. The molecule has 0 spiro atoms. The Morgan fingerprint density at radius 3 is 2.78 bits per heavy atom. The number of hydrogen-bond donors (Lipinski definition) is 3. The van der Waals surface area contributed by atoms with Crippen molar-refractivity contribution in [3.05, 3.63) is 107 Å². The van der Waals surface area contributed by atoms with Gasteiger partial charge in [-0.1, -0.05) is 24.3 Å². The second kappa shape index (κ2) is 9.28. The van der Waals surface area contributed by atoms with Crippen molar-refractivity contribution in [1.82, 2.24) is 15.0 Å². The summed E-state index contributed by atoms with van der Waals surface area (Å²) < 4.78 is 6.01. The molecule has 0 radical (unpaired) electrons. The molecule has 36 heavy (non-hydrogen) atoms. The minimum absolute atomic E-state index is 0.161. The number of nitrogens with zero attached hydrogens (tertiary/aromatic N) is 2. The minimum atomic E-state index is -0.184. The number of aromatic nitrogens is 3. The van der Waals surface area contributed by atoms with Gasteiger partial charge in [0.15, 0.2) is 0 Å². The Morgan fingerprint density at radius 2 is 1.89 bits per heavy atom. The molecule has 7 nitrogen and oxygen atoms in total. The monoisotopic (exact) mass is 475 g/mol. The summed E-state index contributed by atoms with van der Waals surface area (Å²) in [5.41, 5.74) is 12.2. The number of rotatable bonds is 8. The molecule has 1 amide bonds. The van der Waals surface area contributed by atoms with Crippen molar-refractivity contribution in [2.75, 3.05) is 6.61 Å². The summed E-state index contributed by atoms with van der Waals surface area (Å²) in [6.07, 6.45) is 8.57. The number of aromatic amines is 2. The first-order valence-corrected chi connectivity index (χ1v) is 11.9. The molecule has 7 heteroatoms. The normalized spacial score (nSPS) is 13.6. The lowest BCUT2D eigenvalue weighted by Gasteiger charge is -2.13. The lowest BCUT2D eigenvalue weighted by molar-refractivity contribution is -0.112. The van der Waals surface area contributed by atoms with Crippen molar-refractivity contribution in [3.63, 3.8) is 0 Å². The molecule has 5 aromatic rings. The SMILES string of the molecule is N[C@H](COc1cncc(-c2ccc3c(c2)=C(Cc2ccc[nH]2)C(=O)N=3)c1)Cc1c[nH]c2ccccc12. The number of nitrogens with one attached hydrogen (secondary N) is 2. The topological polar surface area (TPSA) is 109 Å². The fourth-order valence-electron chi connectivity index (χ4n) is 4.69. The molecule has 0 aliphatic carbocycles. The van der Waals surface area contributed by atoms with Crippen LogP contribution in [0.15, 0.2) is 90.4 Å². The van der Waals surface area contributed by atoms with Crippen LogP contribution in [0.1, 0.15) is 11.3 Å². The van der Waals surface area contributed by atoms with Crippen molar-refractivity contribution >= 4 is 22.4 Å². The Kier molecular flexibility index (Phi) is 5.67. The fraction of sp³-hybridized carbons (Fsp3) is 0.138. The van der Waals surface area contributed by atoms with E-state index in [4.69, 9.17) is 10.5 Å². The van der Waals surface area contributed by atoms with E-state index in [1.165, 1.54) is 10.9 Å². The highest BCUT2D eigenvalue weighted by molar-refractivity contribution is 6.15. The van der Waals surface area contributed by atoms with Crippen LogP contribution in [0.2, 0.25) is 0 Å². The van der Waals surface area contributed by atoms with Gasteiger partial charge in [0.25, 0.3) is 5.91 Å². The van der Waals surface area contributed by atoms with Crippen LogP contribution in [0.5, 0.6) is 5.75 Å². The zero-order chi connectivity index (χ0) is 24.5. The first-order valence-electron chi connectivity index (χ1n) is 11.9. The summed E-state index contributed by atoms with van der Waals surface area (Å²) in [5.74, 6) is 0.467. The lowest BCUT2D eigenvalue weighted by atomic mass is 10.0. The van der Waals surface area contributed by atoms with Crippen molar-refractivity contribution in [2.24, 2.45) is 10.7 Å². The number of pyridine rings is 1. The van der Waals surface area contributed by atoms with E-state index in [1.807, 2.05) is 60.9 Å². The minimum Gasteiger partial charge on any atom is -0.490 e. The third kappa shape index (κ3) is 4.32. The highest BCUT2D eigenvalue weighted by atomic mass is 16.5. The molecule has 1 aliphatic heterocycles. The summed E-state index contributed by atoms with van der Waals surface area (Å²) in [6.45, 7) is 0.371. The average molecular weight is 476 g/mol. The lowest BCUT2D eigenvalue weighted by Crippen LogP contribution is -2.30. The molecule has 3 aromatic heterocycles. The Hall–Kier alpha value is -4.49. The van der Waals surface area contributed by atoms with Crippen LogP contribution in [-0.2, 0) is 17.6 Å². The maximum Gasteiger partial charge on any atom is 0.274 e. The number of nitrogens with two attached hydrogens (primary N) is 1. The molecule has 4 heterocycles. The van der Waals surface area contributed by atoms with Crippen LogP contribution < -0.4 is 21.0 Å². The van der Waals surface area contributed by atoms with E-state index in [0.717, 1.165) is 27.6 Å². The second-order valence-corrected chi connectivity index (χ2v) is 9.04. The third-order valence-electron chi connectivity index (χ3n) is 6.50. The van der Waals surface area contributed by atoms with E-state index < -0.39 is 0 Å². The quantitative estimate of drug-likeness (QED) is 0.320. The summed E-state index contributed by atoms with van der Waals surface area (Å²) in [5, 5.41) is 2.75. The van der Waals surface area contributed by atoms with Gasteiger partial charge >= 0.3 is 0 Å². The largest absolute Gasteiger partial charge is 0.490 e. The number of amides is 1. The van der Waals surface area contributed by atoms with Gasteiger partial charge in [-0.05, 0) is 53.9 Å². The predicted octanol–water partition coefficient (Wildman–Crippen LogP) is 3.06. The van der Waals surface area contributed by atoms with Gasteiger partial charge in [-0.2, -0.15) is 0 Å². The number of ether oxygens (including phenoxy) is 1. The van der Waals surface area contributed by atoms with Crippen LogP contribution in [0.4, 0.5) is 0 Å². The fourth-order valence-corrected chi connectivity index (χ4v) is 4.69. The van der Waals surface area contributed by atoms with Crippen molar-refractivity contribution < 1.29 is 9.53 Å². The van der Waals surface area contributed by atoms with Crippen LogP contribution in [-0.4, -0.2) is 33.5 Å². The highest BCUT2D eigenvalue weighted by Gasteiger charge is 2.18. The van der Waals surface area contributed by atoms with Gasteiger partial charge in [0.2, 0.25) is 0 Å². The van der Waals surface area contributed by atoms with Gasteiger partial charge in [0, 0.05) is 64.0 Å². The Balaban J connectivity index is 1.20. The number of para-hydroxylation sites is 1. The van der Waals surface area contributed by atoms with Crippen molar-refractivity contribution in [3.8, 4) is 16.9 Å². The molecule has 0 saturated carbocycles. The number of carbonyl (C=O) groups is 1. The number of H-pyrrole nitrogens is 2. The maximum atomic E-state index is 12.5. The van der Waals surface area contributed by atoms with Crippen molar-refractivity contribution in [1.29, 1.82) is 0 Å². The molecule has 0 saturated heterocycles. The van der Waals surface area contributed by atoms with Gasteiger partial charge < -0.3 is 20.4 Å². The van der Waals surface area contributed by atoms with Gasteiger partial charge in [0.1, 0.15) is 12.4 Å². The number of benzene rings is 2. The second-order valence-electron chi connectivity index (χ2n) is 9.04. The summed E-state index contributed by atoms with van der Waals surface area (Å²) in [7, 11) is 0. The number of fused-ring (bicyclic) bond motifs is 2. The molecule has 6 rings (SSSR count). The van der Waals surface area contributed by atoms with Crippen LogP contribution in [0.25, 0.3) is 27.6 Å². The van der Waals surface area contributed by atoms with Gasteiger partial charge in [-0.3, -0.25) is 9.78 Å². The zero-order valence-corrected chi connectivity index (χ0v) is 19.6. The first kappa shape index (κ1) is 22.0. The van der Waals surface area contributed by atoms with E-state index in [9.17, 15) is 4.79 Å². The van der Waals surface area contributed by atoms with E-state index in [0.29, 0.717) is 36.1 Å². The predicted molar refractivity (Wildman–Crippen MR) is 139 cm³/mol. The molecule has 178 valence electrons.